The largest absolute Gasteiger partial charge is 0.480 e. The number of nitrogens with one attached hydrogen (secondary N) is 1. The zero-order valence-corrected chi connectivity index (χ0v) is 18.2. The van der Waals surface area contributed by atoms with Gasteiger partial charge in [-0.25, -0.2) is 9.59 Å². The number of urea groups is 1. The average Bonchev–Trinajstić information content (AvgIpc) is 2.62. The van der Waals surface area contributed by atoms with Gasteiger partial charge in [-0.3, -0.25) is 9.69 Å². The highest BCUT2D eigenvalue weighted by Gasteiger charge is 2.30. The van der Waals surface area contributed by atoms with Crippen LogP contribution in [0.5, 0.6) is 5.75 Å². The third-order valence-electron chi connectivity index (χ3n) is 4.61. The van der Waals surface area contributed by atoms with E-state index in [2.05, 4.69) is 5.32 Å². The molecule has 1 aromatic heterocycles. The summed E-state index contributed by atoms with van der Waals surface area (Å²) in [5.74, 6) is -0.0101. The van der Waals surface area contributed by atoms with Crippen molar-refractivity contribution in [2.45, 2.75) is 73.1 Å². The molecule has 0 aliphatic rings. The topological polar surface area (TPSA) is 88.8 Å². The summed E-state index contributed by atoms with van der Waals surface area (Å²) >= 11 is 0. The molecule has 0 spiro atoms. The molecule has 3 amide bonds. The Hall–Kier alpha value is -2.83. The van der Waals surface area contributed by atoms with E-state index in [9.17, 15) is 14.4 Å². The highest BCUT2D eigenvalue weighted by molar-refractivity contribution is 5.97. The number of hydrogen-bond donors (Lipinski definition) is 1. The zero-order valence-electron chi connectivity index (χ0n) is 18.2. The third-order valence-corrected chi connectivity index (χ3v) is 4.61. The summed E-state index contributed by atoms with van der Waals surface area (Å²) in [6, 6.07) is 4.20. The smallest absolute Gasteiger partial charge is 0.336 e. The number of nitrogens with zero attached hydrogens (tertiary/aromatic N) is 1. The van der Waals surface area contributed by atoms with Gasteiger partial charge < -0.3 is 14.5 Å². The molecule has 1 aromatic carbocycles. The van der Waals surface area contributed by atoms with E-state index in [1.54, 1.807) is 33.8 Å². The van der Waals surface area contributed by atoms with Crippen molar-refractivity contribution >= 4 is 22.9 Å². The molecule has 7 nitrogen and oxygen atoms in total. The van der Waals surface area contributed by atoms with Crippen LogP contribution >= 0.6 is 0 Å². The minimum atomic E-state index is -0.896. The molecule has 0 fully saturated rings. The Morgan fingerprint density at radius 2 is 1.83 bits per heavy atom. The summed E-state index contributed by atoms with van der Waals surface area (Å²) in [5, 5.41) is 3.58. The van der Waals surface area contributed by atoms with E-state index in [0.717, 1.165) is 15.8 Å². The number of imide groups is 1. The van der Waals surface area contributed by atoms with Crippen molar-refractivity contribution < 1.29 is 18.7 Å². The predicted molar refractivity (Wildman–Crippen MR) is 112 cm³/mol. The number of carbonyl (C=O) groups is 2. The van der Waals surface area contributed by atoms with Crippen LogP contribution in [-0.2, 0) is 11.2 Å². The molecular weight excluding hydrogens is 372 g/mol. The fraction of sp³-hybridized carbons (Fsp3) is 0.500. The van der Waals surface area contributed by atoms with Crippen LogP contribution in [0.25, 0.3) is 11.0 Å². The van der Waals surface area contributed by atoms with Crippen molar-refractivity contribution in [3.8, 4) is 5.75 Å². The van der Waals surface area contributed by atoms with Crippen molar-refractivity contribution in [1.82, 2.24) is 10.2 Å². The number of amides is 3. The van der Waals surface area contributed by atoms with Gasteiger partial charge in [0.05, 0.1) is 0 Å². The zero-order chi connectivity index (χ0) is 21.9. The van der Waals surface area contributed by atoms with E-state index in [0.29, 0.717) is 23.3 Å². The van der Waals surface area contributed by atoms with E-state index in [4.69, 9.17) is 9.15 Å². The second kappa shape index (κ2) is 9.11. The molecule has 0 radical (unpaired) electrons. The molecule has 2 rings (SSSR count). The monoisotopic (exact) mass is 402 g/mol. The standard InChI is InChI=1S/C22H30N2O5/c1-8-16-11-19(25)29-20-14(6)18(10-9-17(16)20)28-15(7)21(26)24(13(4)5)22(27)23-12(2)3/h9-13,15H,8H2,1-7H3,(H,23,27)/t15-/m1/s1. The second-order valence-electron chi connectivity index (χ2n) is 7.68. The van der Waals surface area contributed by atoms with Gasteiger partial charge in [-0.2, -0.15) is 0 Å². The first-order valence-electron chi connectivity index (χ1n) is 9.93. The van der Waals surface area contributed by atoms with Gasteiger partial charge in [0.2, 0.25) is 0 Å². The van der Waals surface area contributed by atoms with Gasteiger partial charge in [0.1, 0.15) is 11.3 Å². The molecule has 0 unspecified atom stereocenters. The Morgan fingerprint density at radius 1 is 1.17 bits per heavy atom. The first-order valence-corrected chi connectivity index (χ1v) is 9.93. The van der Waals surface area contributed by atoms with Crippen LogP contribution in [-0.4, -0.2) is 35.0 Å². The lowest BCUT2D eigenvalue weighted by Gasteiger charge is -2.29. The van der Waals surface area contributed by atoms with Crippen molar-refractivity contribution in [3.63, 3.8) is 0 Å². The highest BCUT2D eigenvalue weighted by Crippen LogP contribution is 2.29. The van der Waals surface area contributed by atoms with Gasteiger partial charge in [0.15, 0.2) is 6.10 Å². The molecule has 1 N–H and O–H groups in total. The van der Waals surface area contributed by atoms with E-state index in [1.165, 1.54) is 6.07 Å². The summed E-state index contributed by atoms with van der Waals surface area (Å²) in [4.78, 5) is 38.4. The molecule has 0 bridgehead atoms. The van der Waals surface area contributed by atoms with Crippen molar-refractivity contribution in [1.29, 1.82) is 0 Å². The van der Waals surface area contributed by atoms with Crippen LogP contribution in [0.3, 0.4) is 0 Å². The van der Waals surface area contributed by atoms with Gasteiger partial charge in [0.25, 0.3) is 5.91 Å². The third kappa shape index (κ3) is 4.96. The predicted octanol–water partition coefficient (Wildman–Crippen LogP) is 3.79. The van der Waals surface area contributed by atoms with Crippen LogP contribution in [0.15, 0.2) is 27.4 Å². The molecule has 7 heteroatoms. The Bertz CT molecular complexity index is 962. The number of aryl methyl sites for hydroxylation is 2. The number of hydrogen-bond acceptors (Lipinski definition) is 5. The number of ether oxygens (including phenoxy) is 1. The molecule has 2 aromatic rings. The maximum Gasteiger partial charge on any atom is 0.336 e. The van der Waals surface area contributed by atoms with Gasteiger partial charge in [-0.05, 0) is 65.7 Å². The number of fused-ring (bicyclic) bond motifs is 1. The van der Waals surface area contributed by atoms with Crippen molar-refractivity contribution in [3.05, 3.63) is 39.7 Å². The van der Waals surface area contributed by atoms with Gasteiger partial charge in [-0.15, -0.1) is 0 Å². The molecular formula is C22H30N2O5. The van der Waals surface area contributed by atoms with Gasteiger partial charge in [0, 0.05) is 29.1 Å². The van der Waals surface area contributed by atoms with Crippen molar-refractivity contribution in [2.75, 3.05) is 0 Å². The highest BCUT2D eigenvalue weighted by atomic mass is 16.5. The minimum absolute atomic E-state index is 0.0915. The Balaban J connectivity index is 2.33. The SMILES string of the molecule is CCc1cc(=O)oc2c(C)c(O[C@H](C)C(=O)N(C(=O)NC(C)C)C(C)C)ccc12. The lowest BCUT2D eigenvalue weighted by molar-refractivity contribution is -0.136. The Labute approximate surface area is 171 Å². The molecule has 0 aliphatic carbocycles. The lowest BCUT2D eigenvalue weighted by Crippen LogP contribution is -2.53. The van der Waals surface area contributed by atoms with E-state index in [-0.39, 0.29) is 12.1 Å². The molecule has 1 atom stereocenters. The van der Waals surface area contributed by atoms with E-state index < -0.39 is 23.7 Å². The average molecular weight is 402 g/mol. The van der Waals surface area contributed by atoms with Crippen LogP contribution < -0.4 is 15.7 Å². The molecule has 158 valence electrons. The first kappa shape index (κ1) is 22.5. The van der Waals surface area contributed by atoms with E-state index >= 15 is 0 Å². The summed E-state index contributed by atoms with van der Waals surface area (Å²) in [5.41, 5.74) is 1.56. The normalized spacial score (nSPS) is 12.3. The Kier molecular flexibility index (Phi) is 7.06. The molecule has 29 heavy (non-hydrogen) atoms. The number of rotatable bonds is 6. The van der Waals surface area contributed by atoms with E-state index in [1.807, 2.05) is 26.8 Å². The fourth-order valence-corrected chi connectivity index (χ4v) is 3.17. The van der Waals surface area contributed by atoms with Crippen LogP contribution in [0.4, 0.5) is 4.79 Å². The van der Waals surface area contributed by atoms with Crippen LogP contribution in [0.2, 0.25) is 0 Å². The Morgan fingerprint density at radius 3 is 2.38 bits per heavy atom. The van der Waals surface area contributed by atoms with Crippen LogP contribution in [0, 0.1) is 6.92 Å². The summed E-state index contributed by atoms with van der Waals surface area (Å²) in [6.07, 6.45) is -0.196. The summed E-state index contributed by atoms with van der Waals surface area (Å²) < 4.78 is 11.3. The molecule has 1 heterocycles. The second-order valence-corrected chi connectivity index (χ2v) is 7.68. The van der Waals surface area contributed by atoms with Crippen molar-refractivity contribution in [2.24, 2.45) is 0 Å². The summed E-state index contributed by atoms with van der Waals surface area (Å²) in [6.45, 7) is 12.6. The minimum Gasteiger partial charge on any atom is -0.480 e. The maximum absolute atomic E-state index is 12.9. The first-order chi connectivity index (χ1) is 13.6. The molecule has 0 saturated carbocycles. The lowest BCUT2D eigenvalue weighted by atomic mass is 10.0. The fourth-order valence-electron chi connectivity index (χ4n) is 3.17. The molecule has 0 saturated heterocycles. The summed E-state index contributed by atoms with van der Waals surface area (Å²) in [7, 11) is 0. The molecule has 0 aliphatic heterocycles. The van der Waals surface area contributed by atoms with Crippen LogP contribution in [0.1, 0.15) is 52.7 Å². The quantitative estimate of drug-likeness (QED) is 0.743. The maximum atomic E-state index is 12.9. The van der Waals surface area contributed by atoms with Gasteiger partial charge in [-0.1, -0.05) is 6.92 Å². The number of benzene rings is 1. The van der Waals surface area contributed by atoms with Gasteiger partial charge >= 0.3 is 11.7 Å². The number of carbonyl (C=O) groups excluding carboxylic acids is 2.